The number of nitrogens with zero attached hydrogens (tertiary/aromatic N) is 2. The first-order valence-corrected chi connectivity index (χ1v) is 7.31. The summed E-state index contributed by atoms with van der Waals surface area (Å²) in [5.41, 5.74) is 2.23. The molecule has 1 saturated carbocycles. The SMILES string of the molecule is CCn1nc(C)cc1CC(O)C1CCCC(C)C1. The van der Waals surface area contributed by atoms with Crippen LogP contribution in [0.5, 0.6) is 0 Å². The molecule has 1 aromatic heterocycles. The molecule has 0 amide bonds. The minimum absolute atomic E-state index is 0.200. The van der Waals surface area contributed by atoms with Crippen molar-refractivity contribution in [2.24, 2.45) is 11.8 Å². The van der Waals surface area contributed by atoms with Gasteiger partial charge in [-0.15, -0.1) is 0 Å². The van der Waals surface area contributed by atoms with Crippen molar-refractivity contribution in [3.8, 4) is 0 Å². The molecule has 1 aliphatic carbocycles. The number of aliphatic hydroxyl groups is 1. The van der Waals surface area contributed by atoms with Crippen molar-refractivity contribution in [2.75, 3.05) is 0 Å². The summed E-state index contributed by atoms with van der Waals surface area (Å²) in [7, 11) is 0. The number of rotatable bonds is 4. The maximum absolute atomic E-state index is 10.4. The van der Waals surface area contributed by atoms with Gasteiger partial charge in [-0.25, -0.2) is 0 Å². The van der Waals surface area contributed by atoms with E-state index in [2.05, 4.69) is 25.0 Å². The lowest BCUT2D eigenvalue weighted by molar-refractivity contribution is 0.0704. The molecule has 1 aromatic rings. The Labute approximate surface area is 110 Å². The third-order valence-electron chi connectivity index (χ3n) is 4.22. The predicted molar refractivity (Wildman–Crippen MR) is 73.5 cm³/mol. The van der Waals surface area contributed by atoms with Crippen molar-refractivity contribution in [2.45, 2.75) is 65.5 Å². The summed E-state index contributed by atoms with van der Waals surface area (Å²) < 4.78 is 2.02. The molecule has 102 valence electrons. The summed E-state index contributed by atoms with van der Waals surface area (Å²) in [6.45, 7) is 7.31. The van der Waals surface area contributed by atoms with Gasteiger partial charge >= 0.3 is 0 Å². The molecule has 3 unspecified atom stereocenters. The van der Waals surface area contributed by atoms with E-state index in [1.165, 1.54) is 31.4 Å². The minimum Gasteiger partial charge on any atom is -0.392 e. The van der Waals surface area contributed by atoms with Crippen molar-refractivity contribution < 1.29 is 5.11 Å². The molecule has 0 radical (unpaired) electrons. The normalized spacial score (nSPS) is 26.2. The lowest BCUT2D eigenvalue weighted by Gasteiger charge is -2.30. The van der Waals surface area contributed by atoms with Gasteiger partial charge in [-0.3, -0.25) is 4.68 Å². The summed E-state index contributed by atoms with van der Waals surface area (Å²) in [5, 5.41) is 14.9. The molecule has 0 saturated heterocycles. The van der Waals surface area contributed by atoms with Crippen LogP contribution in [-0.4, -0.2) is 21.0 Å². The van der Waals surface area contributed by atoms with Gasteiger partial charge in [-0.1, -0.05) is 19.8 Å². The number of aliphatic hydroxyl groups excluding tert-OH is 1. The van der Waals surface area contributed by atoms with Crippen LogP contribution >= 0.6 is 0 Å². The summed E-state index contributed by atoms with van der Waals surface area (Å²) >= 11 is 0. The maximum atomic E-state index is 10.4. The Bertz CT molecular complexity index is 386. The fourth-order valence-corrected chi connectivity index (χ4v) is 3.25. The molecule has 0 spiro atoms. The van der Waals surface area contributed by atoms with Crippen LogP contribution < -0.4 is 0 Å². The van der Waals surface area contributed by atoms with Crippen molar-refractivity contribution in [3.05, 3.63) is 17.5 Å². The van der Waals surface area contributed by atoms with E-state index in [9.17, 15) is 5.11 Å². The van der Waals surface area contributed by atoms with Gasteiger partial charge in [-0.2, -0.15) is 5.10 Å². The van der Waals surface area contributed by atoms with Crippen LogP contribution in [0.15, 0.2) is 6.07 Å². The molecule has 0 aromatic carbocycles. The lowest BCUT2D eigenvalue weighted by Crippen LogP contribution is -2.28. The van der Waals surface area contributed by atoms with Crippen LogP contribution in [0, 0.1) is 18.8 Å². The van der Waals surface area contributed by atoms with Gasteiger partial charge in [0.15, 0.2) is 0 Å². The third-order valence-corrected chi connectivity index (χ3v) is 4.22. The third kappa shape index (κ3) is 3.14. The molecular weight excluding hydrogens is 224 g/mol. The Hall–Kier alpha value is -0.830. The van der Waals surface area contributed by atoms with Crippen molar-refractivity contribution in [1.29, 1.82) is 0 Å². The average molecular weight is 250 g/mol. The maximum Gasteiger partial charge on any atom is 0.0623 e. The van der Waals surface area contributed by atoms with Crippen LogP contribution in [0.2, 0.25) is 0 Å². The topological polar surface area (TPSA) is 38.0 Å². The largest absolute Gasteiger partial charge is 0.392 e. The summed E-state index contributed by atoms with van der Waals surface area (Å²) in [6, 6.07) is 2.11. The van der Waals surface area contributed by atoms with E-state index >= 15 is 0 Å². The van der Waals surface area contributed by atoms with Crippen molar-refractivity contribution in [3.63, 3.8) is 0 Å². The van der Waals surface area contributed by atoms with E-state index in [4.69, 9.17) is 0 Å². The van der Waals surface area contributed by atoms with E-state index in [0.29, 0.717) is 5.92 Å². The van der Waals surface area contributed by atoms with Crippen LogP contribution in [-0.2, 0) is 13.0 Å². The molecule has 0 bridgehead atoms. The number of hydrogen-bond acceptors (Lipinski definition) is 2. The van der Waals surface area contributed by atoms with Gasteiger partial charge in [0.05, 0.1) is 11.8 Å². The van der Waals surface area contributed by atoms with Gasteiger partial charge in [0.1, 0.15) is 0 Å². The molecular formula is C15H26N2O. The van der Waals surface area contributed by atoms with Gasteiger partial charge in [0, 0.05) is 18.7 Å². The quantitative estimate of drug-likeness (QED) is 0.892. The molecule has 3 heteroatoms. The first kappa shape index (κ1) is 13.6. The van der Waals surface area contributed by atoms with Crippen molar-refractivity contribution >= 4 is 0 Å². The van der Waals surface area contributed by atoms with Gasteiger partial charge in [-0.05, 0) is 44.6 Å². The zero-order valence-corrected chi connectivity index (χ0v) is 11.9. The minimum atomic E-state index is -0.200. The Morgan fingerprint density at radius 2 is 2.28 bits per heavy atom. The highest BCUT2D eigenvalue weighted by Gasteiger charge is 2.26. The molecule has 3 nitrogen and oxygen atoms in total. The van der Waals surface area contributed by atoms with E-state index in [1.807, 2.05) is 11.6 Å². The lowest BCUT2D eigenvalue weighted by atomic mass is 9.78. The molecule has 1 aliphatic rings. The van der Waals surface area contributed by atoms with E-state index in [-0.39, 0.29) is 6.10 Å². The molecule has 2 rings (SSSR count). The number of aromatic nitrogens is 2. The number of aryl methyl sites for hydroxylation is 2. The zero-order chi connectivity index (χ0) is 13.1. The summed E-state index contributed by atoms with van der Waals surface area (Å²) in [5.74, 6) is 1.26. The van der Waals surface area contributed by atoms with E-state index in [0.717, 1.165) is 24.6 Å². The highest BCUT2D eigenvalue weighted by atomic mass is 16.3. The first-order valence-electron chi connectivity index (χ1n) is 7.31. The molecule has 18 heavy (non-hydrogen) atoms. The molecule has 1 N–H and O–H groups in total. The van der Waals surface area contributed by atoms with Crippen LogP contribution in [0.4, 0.5) is 0 Å². The second kappa shape index (κ2) is 5.87. The average Bonchev–Trinajstić information content (AvgIpc) is 2.69. The Kier molecular flexibility index (Phi) is 4.44. The molecule has 0 aliphatic heterocycles. The highest BCUT2D eigenvalue weighted by Crippen LogP contribution is 2.31. The molecule has 1 heterocycles. The monoisotopic (exact) mass is 250 g/mol. The Morgan fingerprint density at radius 3 is 2.94 bits per heavy atom. The standard InChI is InChI=1S/C15H26N2O/c1-4-17-14(9-12(3)16-17)10-15(18)13-7-5-6-11(2)8-13/h9,11,13,15,18H,4-8,10H2,1-3H3. The van der Waals surface area contributed by atoms with Gasteiger partial charge < -0.3 is 5.11 Å². The zero-order valence-electron chi connectivity index (χ0n) is 11.9. The van der Waals surface area contributed by atoms with E-state index in [1.54, 1.807) is 0 Å². The van der Waals surface area contributed by atoms with Crippen LogP contribution in [0.25, 0.3) is 0 Å². The van der Waals surface area contributed by atoms with Gasteiger partial charge in [0.25, 0.3) is 0 Å². The second-order valence-electron chi connectivity index (χ2n) is 5.90. The van der Waals surface area contributed by atoms with Crippen LogP contribution in [0.3, 0.4) is 0 Å². The predicted octanol–water partition coefficient (Wildman–Crippen LogP) is 2.94. The molecule has 3 atom stereocenters. The fraction of sp³-hybridized carbons (Fsp3) is 0.800. The first-order chi connectivity index (χ1) is 8.60. The van der Waals surface area contributed by atoms with Gasteiger partial charge in [0.2, 0.25) is 0 Å². The fourth-order valence-electron chi connectivity index (χ4n) is 3.25. The Balaban J connectivity index is 1.99. The Morgan fingerprint density at radius 1 is 1.50 bits per heavy atom. The van der Waals surface area contributed by atoms with Crippen molar-refractivity contribution in [1.82, 2.24) is 9.78 Å². The summed E-state index contributed by atoms with van der Waals surface area (Å²) in [6.07, 6.45) is 5.52. The summed E-state index contributed by atoms with van der Waals surface area (Å²) in [4.78, 5) is 0. The highest BCUT2D eigenvalue weighted by molar-refractivity contribution is 5.10. The smallest absolute Gasteiger partial charge is 0.0623 e. The second-order valence-corrected chi connectivity index (χ2v) is 5.90. The molecule has 1 fully saturated rings. The van der Waals surface area contributed by atoms with E-state index < -0.39 is 0 Å². The number of hydrogen-bond donors (Lipinski definition) is 1. The van der Waals surface area contributed by atoms with Crippen LogP contribution in [0.1, 0.15) is 50.9 Å².